The number of aliphatic imine (C=N–C) groups is 1. The maximum absolute atomic E-state index is 12.7. The molecule has 1 aromatic rings. The Bertz CT molecular complexity index is 686. The molecule has 2 fully saturated rings. The molecule has 2 saturated heterocycles. The quantitative estimate of drug-likeness (QED) is 0.425. The normalized spacial score (nSPS) is 21.7. The van der Waals surface area contributed by atoms with Gasteiger partial charge in [-0.3, -0.25) is 14.5 Å². The van der Waals surface area contributed by atoms with Crippen LogP contribution >= 0.6 is 0 Å². The molecule has 8 nitrogen and oxygen atoms in total. The molecule has 1 unspecified atom stereocenters. The Morgan fingerprint density at radius 2 is 2.17 bits per heavy atom. The molecule has 0 aliphatic carbocycles. The summed E-state index contributed by atoms with van der Waals surface area (Å²) in [6.07, 6.45) is 8.61. The molecule has 0 spiro atoms. The molecule has 0 radical (unpaired) electrons. The van der Waals surface area contributed by atoms with Gasteiger partial charge in [-0.15, -0.1) is 0 Å². The number of guanidine groups is 1. The maximum atomic E-state index is 12.7. The zero-order valence-corrected chi connectivity index (χ0v) is 18.3. The van der Waals surface area contributed by atoms with Crippen LogP contribution in [-0.2, 0) is 11.8 Å². The van der Waals surface area contributed by atoms with Gasteiger partial charge in [0.25, 0.3) is 0 Å². The molecule has 0 bridgehead atoms. The van der Waals surface area contributed by atoms with Gasteiger partial charge in [0, 0.05) is 46.0 Å². The first-order valence-corrected chi connectivity index (χ1v) is 11.1. The monoisotopic (exact) mass is 403 g/mol. The van der Waals surface area contributed by atoms with E-state index in [1.165, 1.54) is 38.9 Å². The Balaban J connectivity index is 1.45. The molecule has 1 atom stereocenters. The van der Waals surface area contributed by atoms with Gasteiger partial charge in [-0.2, -0.15) is 5.10 Å². The predicted molar refractivity (Wildman–Crippen MR) is 117 cm³/mol. The lowest BCUT2D eigenvalue weighted by atomic mass is 10.0. The first-order valence-electron chi connectivity index (χ1n) is 11.1. The van der Waals surface area contributed by atoms with Gasteiger partial charge in [0.1, 0.15) is 6.54 Å². The van der Waals surface area contributed by atoms with Crippen LogP contribution in [0.5, 0.6) is 0 Å². The van der Waals surface area contributed by atoms with Gasteiger partial charge in [-0.05, 0) is 51.6 Å². The Kier molecular flexibility index (Phi) is 7.91. The van der Waals surface area contributed by atoms with Crippen molar-refractivity contribution >= 4 is 17.6 Å². The maximum Gasteiger partial charge on any atom is 0.246 e. The number of hydrogen-bond acceptors (Lipinski definition) is 4. The second kappa shape index (κ2) is 10.6. The van der Waals surface area contributed by atoms with E-state index < -0.39 is 0 Å². The average molecular weight is 404 g/mol. The number of likely N-dealkylation sites (tertiary alicyclic amines) is 1. The summed E-state index contributed by atoms with van der Waals surface area (Å²) in [5.74, 6) is 1.79. The van der Waals surface area contributed by atoms with Gasteiger partial charge in [0.2, 0.25) is 5.91 Å². The summed E-state index contributed by atoms with van der Waals surface area (Å²) in [7, 11) is 1.87. The molecule has 3 heterocycles. The third-order valence-electron chi connectivity index (χ3n) is 5.74. The summed E-state index contributed by atoms with van der Waals surface area (Å²) in [5.41, 5.74) is 0.867. The molecule has 162 valence electrons. The van der Waals surface area contributed by atoms with E-state index in [0.717, 1.165) is 43.6 Å². The van der Waals surface area contributed by atoms with E-state index in [-0.39, 0.29) is 5.91 Å². The van der Waals surface area contributed by atoms with Crippen LogP contribution in [0.1, 0.15) is 39.5 Å². The minimum absolute atomic E-state index is 0.0917. The molecule has 0 saturated carbocycles. The number of nitrogens with one attached hydrogen (secondary N) is 1. The van der Waals surface area contributed by atoms with E-state index in [4.69, 9.17) is 4.99 Å². The number of nitrogens with zero attached hydrogens (tertiary/aromatic N) is 6. The van der Waals surface area contributed by atoms with Crippen molar-refractivity contribution < 1.29 is 4.79 Å². The van der Waals surface area contributed by atoms with Crippen LogP contribution in [0, 0.1) is 5.92 Å². The molecule has 29 heavy (non-hydrogen) atoms. The molecule has 8 heteroatoms. The fourth-order valence-electron chi connectivity index (χ4n) is 4.22. The second-order valence-electron chi connectivity index (χ2n) is 8.33. The van der Waals surface area contributed by atoms with Gasteiger partial charge in [-0.25, -0.2) is 0 Å². The lowest BCUT2D eigenvalue weighted by Gasteiger charge is -2.35. The number of aromatic nitrogens is 2. The summed E-state index contributed by atoms with van der Waals surface area (Å²) in [6, 6.07) is 0. The summed E-state index contributed by atoms with van der Waals surface area (Å²) in [4.78, 5) is 23.9. The van der Waals surface area contributed by atoms with Gasteiger partial charge >= 0.3 is 0 Å². The molecular weight excluding hydrogens is 366 g/mol. The Hall–Kier alpha value is -2.09. The first kappa shape index (κ1) is 21.6. The zero-order valence-electron chi connectivity index (χ0n) is 18.3. The number of anilines is 1. The number of rotatable bonds is 7. The molecule has 1 amide bonds. The fraction of sp³-hybridized carbons (Fsp3) is 0.762. The number of piperazine rings is 1. The van der Waals surface area contributed by atoms with E-state index in [1.807, 2.05) is 18.1 Å². The van der Waals surface area contributed by atoms with Crippen LogP contribution in [0.3, 0.4) is 0 Å². The molecular formula is C21H37N7O. The number of unbranched alkanes of at least 4 members (excludes halogenated alkanes) is 1. The van der Waals surface area contributed by atoms with E-state index in [9.17, 15) is 4.79 Å². The molecule has 1 N–H and O–H groups in total. The van der Waals surface area contributed by atoms with Crippen LogP contribution in [0.15, 0.2) is 17.4 Å². The summed E-state index contributed by atoms with van der Waals surface area (Å²) in [5, 5.41) is 7.53. The van der Waals surface area contributed by atoms with Crippen LogP contribution in [0.25, 0.3) is 0 Å². The van der Waals surface area contributed by atoms with E-state index >= 15 is 0 Å². The highest BCUT2D eigenvalue weighted by Crippen LogP contribution is 2.17. The number of piperidine rings is 1. The van der Waals surface area contributed by atoms with Crippen LogP contribution in [-0.4, -0.2) is 83.8 Å². The van der Waals surface area contributed by atoms with Crippen molar-refractivity contribution in [3.8, 4) is 0 Å². The Morgan fingerprint density at radius 3 is 2.86 bits per heavy atom. The summed E-state index contributed by atoms with van der Waals surface area (Å²) in [6.45, 7) is 11.5. The van der Waals surface area contributed by atoms with E-state index in [2.05, 4.69) is 34.1 Å². The Morgan fingerprint density at radius 1 is 1.31 bits per heavy atom. The second-order valence-corrected chi connectivity index (χ2v) is 8.33. The van der Waals surface area contributed by atoms with Crippen molar-refractivity contribution in [3.05, 3.63) is 12.4 Å². The summed E-state index contributed by atoms with van der Waals surface area (Å²) < 4.78 is 1.73. The largest absolute Gasteiger partial charge is 0.357 e. The fourth-order valence-corrected chi connectivity index (χ4v) is 4.22. The lowest BCUT2D eigenvalue weighted by Crippen LogP contribution is -2.55. The number of hydrogen-bond donors (Lipinski definition) is 1. The van der Waals surface area contributed by atoms with Crippen molar-refractivity contribution in [2.45, 2.75) is 39.5 Å². The van der Waals surface area contributed by atoms with Crippen molar-refractivity contribution in [1.29, 1.82) is 0 Å². The van der Waals surface area contributed by atoms with Crippen LogP contribution < -0.4 is 10.2 Å². The highest BCUT2D eigenvalue weighted by Gasteiger charge is 2.27. The Labute approximate surface area is 174 Å². The number of carbonyl (C=O) groups is 1. The smallest absolute Gasteiger partial charge is 0.246 e. The molecule has 0 aromatic carbocycles. The van der Waals surface area contributed by atoms with Crippen molar-refractivity contribution in [2.24, 2.45) is 18.0 Å². The highest BCUT2D eigenvalue weighted by atomic mass is 16.2. The third-order valence-corrected chi connectivity index (χ3v) is 5.74. The average Bonchev–Trinajstić information content (AvgIpc) is 3.13. The number of carbonyl (C=O) groups excluding carboxylic acids is 1. The van der Waals surface area contributed by atoms with Crippen molar-refractivity contribution in [2.75, 3.05) is 57.3 Å². The third kappa shape index (κ3) is 6.19. The van der Waals surface area contributed by atoms with Crippen molar-refractivity contribution in [3.63, 3.8) is 0 Å². The molecule has 2 aliphatic rings. The lowest BCUT2D eigenvalue weighted by molar-refractivity contribution is -0.120. The number of amides is 1. The van der Waals surface area contributed by atoms with E-state index in [0.29, 0.717) is 13.1 Å². The topological polar surface area (TPSA) is 69.0 Å². The minimum atomic E-state index is 0.0917. The minimum Gasteiger partial charge on any atom is -0.357 e. The zero-order chi connectivity index (χ0) is 20.6. The van der Waals surface area contributed by atoms with Crippen LogP contribution in [0.4, 0.5) is 5.69 Å². The van der Waals surface area contributed by atoms with Gasteiger partial charge in [0.05, 0.1) is 11.9 Å². The molecule has 2 aliphatic heterocycles. The standard InChI is InChI=1S/C21H37N7O/c1-4-22-21(23-9-5-6-10-26-11-7-8-18(2)15-26)27-12-13-28(20(29)17-27)19-14-24-25(3)16-19/h14,16,18H,4-13,15,17H2,1-3H3,(H,22,23). The highest BCUT2D eigenvalue weighted by molar-refractivity contribution is 5.98. The van der Waals surface area contributed by atoms with Gasteiger partial charge in [-0.1, -0.05) is 6.92 Å². The SMILES string of the molecule is CCNC(=NCCCCN1CCCC(C)C1)N1CCN(c2cnn(C)c2)C(=O)C1. The van der Waals surface area contributed by atoms with Crippen LogP contribution in [0.2, 0.25) is 0 Å². The first-order chi connectivity index (χ1) is 14.1. The molecule has 3 rings (SSSR count). The van der Waals surface area contributed by atoms with E-state index in [1.54, 1.807) is 10.9 Å². The van der Waals surface area contributed by atoms with Gasteiger partial charge in [0.15, 0.2) is 5.96 Å². The molecule has 1 aromatic heterocycles. The van der Waals surface area contributed by atoms with Gasteiger partial charge < -0.3 is 20.0 Å². The predicted octanol–water partition coefficient (Wildman–Crippen LogP) is 1.55. The summed E-state index contributed by atoms with van der Waals surface area (Å²) >= 11 is 0. The van der Waals surface area contributed by atoms with Crippen molar-refractivity contribution in [1.82, 2.24) is 24.9 Å². The number of aryl methyl sites for hydroxylation is 1.